The second-order valence-corrected chi connectivity index (χ2v) is 3.66. The molecule has 0 radical (unpaired) electrons. The summed E-state index contributed by atoms with van der Waals surface area (Å²) in [6.45, 7) is 4.32. The Morgan fingerprint density at radius 1 is 1.11 bits per heavy atom. The van der Waals surface area contributed by atoms with E-state index in [0.29, 0.717) is 13.0 Å². The first kappa shape index (κ1) is 16.6. The maximum atomic E-state index is 10.3. The summed E-state index contributed by atoms with van der Waals surface area (Å²) in [5, 5.41) is 17.5. The van der Waals surface area contributed by atoms with E-state index >= 15 is 0 Å². The Bertz CT molecular complexity index is 313. The molecule has 0 atom stereocenters. The van der Waals surface area contributed by atoms with Crippen LogP contribution in [0.15, 0.2) is 24.3 Å². The number of aliphatic hydroxyl groups is 2. The summed E-state index contributed by atoms with van der Waals surface area (Å²) >= 11 is 0. The quantitative estimate of drug-likeness (QED) is 0.789. The van der Waals surface area contributed by atoms with Crippen LogP contribution >= 0.6 is 0 Å². The molecule has 18 heavy (non-hydrogen) atoms. The fourth-order valence-corrected chi connectivity index (χ4v) is 1.18. The lowest BCUT2D eigenvalue weighted by Crippen LogP contribution is -2.02. The molecule has 0 amide bonds. The lowest BCUT2D eigenvalue weighted by Gasteiger charge is -2.01. The van der Waals surface area contributed by atoms with Crippen LogP contribution in [0.2, 0.25) is 0 Å². The molecule has 4 nitrogen and oxygen atoms in total. The molecule has 0 aliphatic heterocycles. The Morgan fingerprint density at radius 3 is 1.94 bits per heavy atom. The van der Waals surface area contributed by atoms with Crippen LogP contribution in [0.3, 0.4) is 0 Å². The molecule has 102 valence electrons. The Kier molecular flexibility index (Phi) is 9.91. The summed E-state index contributed by atoms with van der Waals surface area (Å²) in [4.78, 5) is 10.3. The number of hydrogen-bond donors (Lipinski definition) is 2. The van der Waals surface area contributed by atoms with Gasteiger partial charge in [0.05, 0.1) is 19.8 Å². The van der Waals surface area contributed by atoms with Crippen molar-refractivity contribution in [3.05, 3.63) is 35.4 Å². The summed E-state index contributed by atoms with van der Waals surface area (Å²) in [7, 11) is 0. The number of benzene rings is 1. The van der Waals surface area contributed by atoms with E-state index in [-0.39, 0.29) is 19.2 Å². The van der Waals surface area contributed by atoms with Gasteiger partial charge < -0.3 is 14.9 Å². The van der Waals surface area contributed by atoms with Crippen LogP contribution in [0, 0.1) is 0 Å². The third-order valence-electron chi connectivity index (χ3n) is 2.21. The molecule has 1 rings (SSSR count). The van der Waals surface area contributed by atoms with Crippen LogP contribution < -0.4 is 0 Å². The first-order chi connectivity index (χ1) is 8.69. The van der Waals surface area contributed by atoms with Crippen LogP contribution in [0.5, 0.6) is 0 Å². The molecule has 0 saturated carbocycles. The molecule has 0 spiro atoms. The largest absolute Gasteiger partial charge is 0.466 e. The maximum absolute atomic E-state index is 10.3. The van der Waals surface area contributed by atoms with Gasteiger partial charge in [0.15, 0.2) is 0 Å². The fraction of sp³-hybridized carbons (Fsp3) is 0.500. The standard InChI is InChI=1S/C8H10O2.C6H12O2/c9-5-7-3-1-2-4-8(7)6-10;1-3-5-8-6(7)4-2/h1-4,9-10H,5-6H2;3-5H2,1-2H3. The summed E-state index contributed by atoms with van der Waals surface area (Å²) in [5.41, 5.74) is 1.59. The van der Waals surface area contributed by atoms with Crippen LogP contribution in [-0.2, 0) is 22.7 Å². The molecule has 1 aromatic rings. The zero-order chi connectivity index (χ0) is 13.8. The highest BCUT2D eigenvalue weighted by molar-refractivity contribution is 5.68. The minimum absolute atomic E-state index is 0.00324. The average Bonchev–Trinajstić information content (AvgIpc) is 2.45. The summed E-state index contributed by atoms with van der Waals surface area (Å²) in [6.07, 6.45) is 1.39. The fourth-order valence-electron chi connectivity index (χ4n) is 1.18. The first-order valence-electron chi connectivity index (χ1n) is 6.13. The van der Waals surface area contributed by atoms with E-state index in [4.69, 9.17) is 14.9 Å². The van der Waals surface area contributed by atoms with E-state index < -0.39 is 0 Å². The van der Waals surface area contributed by atoms with Crippen molar-refractivity contribution in [1.29, 1.82) is 0 Å². The molecule has 0 fully saturated rings. The van der Waals surface area contributed by atoms with Gasteiger partial charge in [-0.15, -0.1) is 0 Å². The van der Waals surface area contributed by atoms with Crippen molar-refractivity contribution in [2.75, 3.05) is 6.61 Å². The molecule has 0 heterocycles. The molecule has 0 aliphatic rings. The zero-order valence-corrected chi connectivity index (χ0v) is 11.1. The van der Waals surface area contributed by atoms with Crippen molar-refractivity contribution in [2.24, 2.45) is 0 Å². The number of ether oxygens (including phenoxy) is 1. The highest BCUT2D eigenvalue weighted by Crippen LogP contribution is 2.07. The molecule has 0 unspecified atom stereocenters. The smallest absolute Gasteiger partial charge is 0.305 e. The Balaban J connectivity index is 0.000000331. The van der Waals surface area contributed by atoms with Gasteiger partial charge in [0, 0.05) is 6.42 Å². The van der Waals surface area contributed by atoms with E-state index in [2.05, 4.69) is 0 Å². The number of carbonyl (C=O) groups is 1. The van der Waals surface area contributed by atoms with Gasteiger partial charge >= 0.3 is 5.97 Å². The highest BCUT2D eigenvalue weighted by Gasteiger charge is 1.96. The molecule has 0 aliphatic carbocycles. The minimum atomic E-state index is -0.105. The number of hydrogen-bond acceptors (Lipinski definition) is 4. The van der Waals surface area contributed by atoms with Gasteiger partial charge in [-0.3, -0.25) is 4.79 Å². The van der Waals surface area contributed by atoms with E-state index in [1.807, 2.05) is 19.1 Å². The van der Waals surface area contributed by atoms with E-state index in [9.17, 15) is 4.79 Å². The Labute approximate surface area is 108 Å². The highest BCUT2D eigenvalue weighted by atomic mass is 16.5. The van der Waals surface area contributed by atoms with Crippen LogP contribution in [0.1, 0.15) is 37.8 Å². The lowest BCUT2D eigenvalue weighted by atomic mass is 10.1. The second kappa shape index (κ2) is 10.7. The number of carbonyl (C=O) groups excluding carboxylic acids is 1. The van der Waals surface area contributed by atoms with Gasteiger partial charge in [0.25, 0.3) is 0 Å². The van der Waals surface area contributed by atoms with Crippen LogP contribution in [-0.4, -0.2) is 22.8 Å². The summed E-state index contributed by atoms with van der Waals surface area (Å²) in [5.74, 6) is -0.105. The molecule has 1 aromatic carbocycles. The van der Waals surface area contributed by atoms with Gasteiger partial charge in [0.2, 0.25) is 0 Å². The topological polar surface area (TPSA) is 66.8 Å². The lowest BCUT2D eigenvalue weighted by molar-refractivity contribution is -0.143. The average molecular weight is 254 g/mol. The van der Waals surface area contributed by atoms with Crippen molar-refractivity contribution >= 4 is 5.97 Å². The molecular weight excluding hydrogens is 232 g/mol. The van der Waals surface area contributed by atoms with Crippen molar-refractivity contribution in [2.45, 2.75) is 39.9 Å². The predicted octanol–water partition coefficient (Wildman–Crippen LogP) is 2.02. The normalized spacial score (nSPS) is 9.33. The number of aliphatic hydroxyl groups excluding tert-OH is 2. The van der Waals surface area contributed by atoms with Crippen molar-refractivity contribution in [1.82, 2.24) is 0 Å². The van der Waals surface area contributed by atoms with E-state index in [0.717, 1.165) is 17.5 Å². The van der Waals surface area contributed by atoms with Crippen LogP contribution in [0.4, 0.5) is 0 Å². The molecule has 4 heteroatoms. The maximum Gasteiger partial charge on any atom is 0.305 e. The molecular formula is C14H22O4. The molecule has 2 N–H and O–H groups in total. The van der Waals surface area contributed by atoms with Crippen molar-refractivity contribution in [3.8, 4) is 0 Å². The second-order valence-electron chi connectivity index (χ2n) is 3.66. The van der Waals surface area contributed by atoms with Gasteiger partial charge in [0.1, 0.15) is 0 Å². The zero-order valence-electron chi connectivity index (χ0n) is 11.1. The third-order valence-corrected chi connectivity index (χ3v) is 2.21. The molecule has 0 aromatic heterocycles. The molecule has 0 bridgehead atoms. The van der Waals surface area contributed by atoms with E-state index in [1.165, 1.54) is 0 Å². The molecule has 0 saturated heterocycles. The predicted molar refractivity (Wildman–Crippen MR) is 69.8 cm³/mol. The Morgan fingerprint density at radius 2 is 1.61 bits per heavy atom. The summed E-state index contributed by atoms with van der Waals surface area (Å²) in [6, 6.07) is 7.27. The monoisotopic (exact) mass is 254 g/mol. The van der Waals surface area contributed by atoms with Gasteiger partial charge in [-0.1, -0.05) is 38.1 Å². The SMILES string of the molecule is CCCOC(=O)CC.OCc1ccccc1CO. The number of rotatable bonds is 5. The van der Waals surface area contributed by atoms with Crippen molar-refractivity contribution in [3.63, 3.8) is 0 Å². The van der Waals surface area contributed by atoms with Crippen LogP contribution in [0.25, 0.3) is 0 Å². The van der Waals surface area contributed by atoms with Gasteiger partial charge in [-0.2, -0.15) is 0 Å². The van der Waals surface area contributed by atoms with E-state index in [1.54, 1.807) is 19.1 Å². The third kappa shape index (κ3) is 7.04. The first-order valence-corrected chi connectivity index (χ1v) is 6.13. The summed E-state index contributed by atoms with van der Waals surface area (Å²) < 4.78 is 4.70. The van der Waals surface area contributed by atoms with Gasteiger partial charge in [-0.05, 0) is 17.5 Å². The number of esters is 1. The van der Waals surface area contributed by atoms with Crippen molar-refractivity contribution < 1.29 is 19.7 Å². The van der Waals surface area contributed by atoms with Gasteiger partial charge in [-0.25, -0.2) is 0 Å². The minimum Gasteiger partial charge on any atom is -0.466 e. The Hall–Kier alpha value is -1.39.